The first-order valence-corrected chi connectivity index (χ1v) is 11.5. The van der Waals surface area contributed by atoms with Gasteiger partial charge in [-0.2, -0.15) is 0 Å². The molecule has 1 saturated carbocycles. The van der Waals surface area contributed by atoms with Crippen molar-refractivity contribution >= 4 is 23.5 Å². The summed E-state index contributed by atoms with van der Waals surface area (Å²) in [7, 11) is 1.37. The lowest BCUT2D eigenvalue weighted by atomic mass is 10.1. The number of piperazine rings is 1. The highest BCUT2D eigenvalue weighted by Crippen LogP contribution is 2.31. The summed E-state index contributed by atoms with van der Waals surface area (Å²) in [6.07, 6.45) is 1.97. The van der Waals surface area contributed by atoms with Gasteiger partial charge in [0, 0.05) is 43.7 Å². The standard InChI is InChI=1S/C25H29ClN2O4/c1-31-25(30)21-4-2-18(3-5-21)17-32-23(19-8-10-22(26)11-9-19)16-27-12-14-28(15-13-27)24(29)20-6-7-20/h2-5,8-11,20,23H,6-7,12-17H2,1H3/t23-/m1/s1. The van der Waals surface area contributed by atoms with Gasteiger partial charge in [0.2, 0.25) is 5.91 Å². The summed E-state index contributed by atoms with van der Waals surface area (Å²) in [6.45, 7) is 4.41. The van der Waals surface area contributed by atoms with E-state index in [1.54, 1.807) is 12.1 Å². The fourth-order valence-electron chi connectivity index (χ4n) is 3.96. The van der Waals surface area contributed by atoms with E-state index in [0.717, 1.165) is 56.7 Å². The Morgan fingerprint density at radius 1 is 1.00 bits per heavy atom. The number of esters is 1. The van der Waals surface area contributed by atoms with Crippen LogP contribution >= 0.6 is 11.6 Å². The summed E-state index contributed by atoms with van der Waals surface area (Å²) < 4.78 is 11.1. The van der Waals surface area contributed by atoms with Gasteiger partial charge in [-0.25, -0.2) is 4.79 Å². The second-order valence-corrected chi connectivity index (χ2v) is 8.88. The Morgan fingerprint density at radius 2 is 1.66 bits per heavy atom. The molecule has 32 heavy (non-hydrogen) atoms. The van der Waals surface area contributed by atoms with Crippen LogP contribution in [0.15, 0.2) is 48.5 Å². The molecule has 1 atom stereocenters. The molecule has 0 unspecified atom stereocenters. The molecule has 2 aliphatic rings. The van der Waals surface area contributed by atoms with E-state index in [-0.39, 0.29) is 18.0 Å². The number of rotatable bonds is 8. The zero-order valence-electron chi connectivity index (χ0n) is 18.3. The van der Waals surface area contributed by atoms with Gasteiger partial charge in [-0.15, -0.1) is 0 Å². The van der Waals surface area contributed by atoms with E-state index < -0.39 is 0 Å². The molecule has 170 valence electrons. The normalized spacial score (nSPS) is 17.8. The molecule has 0 radical (unpaired) electrons. The summed E-state index contributed by atoms with van der Waals surface area (Å²) >= 11 is 6.08. The largest absolute Gasteiger partial charge is 0.465 e. The molecular weight excluding hydrogens is 428 g/mol. The van der Waals surface area contributed by atoms with Crippen LogP contribution in [0.4, 0.5) is 0 Å². The number of nitrogens with zero attached hydrogens (tertiary/aromatic N) is 2. The number of methoxy groups -OCH3 is 1. The number of amides is 1. The minimum atomic E-state index is -0.351. The van der Waals surface area contributed by atoms with Crippen molar-refractivity contribution in [2.45, 2.75) is 25.6 Å². The predicted molar refractivity (Wildman–Crippen MR) is 123 cm³/mol. The van der Waals surface area contributed by atoms with E-state index in [4.69, 9.17) is 21.1 Å². The van der Waals surface area contributed by atoms with E-state index in [1.165, 1.54) is 7.11 Å². The maximum absolute atomic E-state index is 12.3. The topological polar surface area (TPSA) is 59.1 Å². The van der Waals surface area contributed by atoms with Gasteiger partial charge in [-0.05, 0) is 48.2 Å². The van der Waals surface area contributed by atoms with Crippen LogP contribution in [0.5, 0.6) is 0 Å². The second kappa shape index (κ2) is 10.5. The van der Waals surface area contributed by atoms with Gasteiger partial charge in [-0.3, -0.25) is 9.69 Å². The fourth-order valence-corrected chi connectivity index (χ4v) is 4.08. The van der Waals surface area contributed by atoms with Crippen molar-refractivity contribution in [3.05, 3.63) is 70.2 Å². The first-order chi connectivity index (χ1) is 15.5. The van der Waals surface area contributed by atoms with Crippen molar-refractivity contribution in [1.82, 2.24) is 9.80 Å². The van der Waals surface area contributed by atoms with Crippen LogP contribution in [0, 0.1) is 5.92 Å². The van der Waals surface area contributed by atoms with Crippen molar-refractivity contribution in [3.8, 4) is 0 Å². The average Bonchev–Trinajstić information content (AvgIpc) is 3.68. The van der Waals surface area contributed by atoms with Gasteiger partial charge in [0.15, 0.2) is 0 Å². The Labute approximate surface area is 194 Å². The summed E-state index contributed by atoms with van der Waals surface area (Å²) in [6, 6.07) is 15.0. The van der Waals surface area contributed by atoms with E-state index in [9.17, 15) is 9.59 Å². The summed E-state index contributed by atoms with van der Waals surface area (Å²) in [5.41, 5.74) is 2.57. The number of halogens is 1. The predicted octanol–water partition coefficient (Wildman–Crippen LogP) is 3.94. The van der Waals surface area contributed by atoms with Gasteiger partial charge < -0.3 is 14.4 Å². The molecule has 1 aliphatic heterocycles. The van der Waals surface area contributed by atoms with Crippen LogP contribution in [0.2, 0.25) is 5.02 Å². The SMILES string of the molecule is COC(=O)c1ccc(CO[C@H](CN2CCN(C(=O)C3CC3)CC2)c2ccc(Cl)cc2)cc1. The van der Waals surface area contributed by atoms with Crippen molar-refractivity contribution in [2.24, 2.45) is 5.92 Å². The molecule has 0 bridgehead atoms. The first kappa shape index (κ1) is 22.8. The number of benzene rings is 2. The zero-order chi connectivity index (χ0) is 22.5. The monoisotopic (exact) mass is 456 g/mol. The van der Waals surface area contributed by atoms with E-state index >= 15 is 0 Å². The van der Waals surface area contributed by atoms with Crippen LogP contribution < -0.4 is 0 Å². The highest BCUT2D eigenvalue weighted by atomic mass is 35.5. The van der Waals surface area contributed by atoms with Crippen LogP contribution in [0.3, 0.4) is 0 Å². The zero-order valence-corrected chi connectivity index (χ0v) is 19.1. The van der Waals surface area contributed by atoms with Gasteiger partial charge in [0.25, 0.3) is 0 Å². The molecule has 4 rings (SSSR count). The summed E-state index contributed by atoms with van der Waals surface area (Å²) in [5, 5.41) is 0.693. The van der Waals surface area contributed by atoms with Crippen molar-refractivity contribution in [2.75, 3.05) is 39.8 Å². The molecule has 1 amide bonds. The van der Waals surface area contributed by atoms with Crippen LogP contribution in [-0.2, 0) is 20.9 Å². The number of ether oxygens (including phenoxy) is 2. The molecule has 1 aliphatic carbocycles. The quantitative estimate of drug-likeness (QED) is 0.563. The lowest BCUT2D eigenvalue weighted by Gasteiger charge is -2.36. The minimum Gasteiger partial charge on any atom is -0.465 e. The summed E-state index contributed by atoms with van der Waals surface area (Å²) in [5.74, 6) is 0.249. The minimum absolute atomic E-state index is 0.127. The smallest absolute Gasteiger partial charge is 0.337 e. The molecule has 6 nitrogen and oxygen atoms in total. The van der Waals surface area contributed by atoms with Crippen LogP contribution in [-0.4, -0.2) is 61.5 Å². The van der Waals surface area contributed by atoms with Gasteiger partial charge >= 0.3 is 5.97 Å². The Morgan fingerprint density at radius 3 is 2.25 bits per heavy atom. The Bertz CT molecular complexity index is 920. The third kappa shape index (κ3) is 5.88. The van der Waals surface area contributed by atoms with Crippen LogP contribution in [0.25, 0.3) is 0 Å². The van der Waals surface area contributed by atoms with Gasteiger partial charge in [0.1, 0.15) is 0 Å². The van der Waals surface area contributed by atoms with Gasteiger partial charge in [-0.1, -0.05) is 35.9 Å². The Kier molecular flexibility index (Phi) is 7.45. The van der Waals surface area contributed by atoms with Crippen molar-refractivity contribution in [1.29, 1.82) is 0 Å². The maximum atomic E-state index is 12.3. The average molecular weight is 457 g/mol. The third-order valence-corrected chi connectivity index (χ3v) is 6.35. The number of carbonyl (C=O) groups excluding carboxylic acids is 2. The van der Waals surface area contributed by atoms with Crippen molar-refractivity contribution in [3.63, 3.8) is 0 Å². The molecule has 2 fully saturated rings. The molecule has 1 heterocycles. The fraction of sp³-hybridized carbons (Fsp3) is 0.440. The van der Waals surface area contributed by atoms with Gasteiger partial charge in [0.05, 0.1) is 25.4 Å². The Hall–Kier alpha value is -2.41. The third-order valence-electron chi connectivity index (χ3n) is 6.10. The second-order valence-electron chi connectivity index (χ2n) is 8.44. The lowest BCUT2D eigenvalue weighted by Crippen LogP contribution is -2.50. The van der Waals surface area contributed by atoms with E-state index in [2.05, 4.69) is 4.90 Å². The highest BCUT2D eigenvalue weighted by Gasteiger charge is 2.34. The van der Waals surface area contributed by atoms with Crippen molar-refractivity contribution < 1.29 is 19.1 Å². The number of hydrogen-bond acceptors (Lipinski definition) is 5. The molecule has 0 N–H and O–H groups in total. The first-order valence-electron chi connectivity index (χ1n) is 11.1. The summed E-state index contributed by atoms with van der Waals surface area (Å²) in [4.78, 5) is 28.3. The molecule has 0 spiro atoms. The highest BCUT2D eigenvalue weighted by molar-refractivity contribution is 6.30. The molecule has 1 saturated heterocycles. The number of carbonyl (C=O) groups is 2. The Balaban J connectivity index is 1.37. The molecule has 7 heteroatoms. The molecule has 2 aromatic rings. The van der Waals surface area contributed by atoms with Crippen LogP contribution in [0.1, 0.15) is 40.4 Å². The van der Waals surface area contributed by atoms with E-state index in [0.29, 0.717) is 23.1 Å². The molecule has 2 aromatic carbocycles. The maximum Gasteiger partial charge on any atom is 0.337 e. The molecule has 0 aromatic heterocycles. The molecular formula is C25H29ClN2O4. The number of hydrogen-bond donors (Lipinski definition) is 0. The van der Waals surface area contributed by atoms with E-state index in [1.807, 2.05) is 41.3 Å². The lowest BCUT2D eigenvalue weighted by molar-refractivity contribution is -0.134.